The first-order valence-corrected chi connectivity index (χ1v) is 8.04. The number of aryl methyl sites for hydroxylation is 1. The first-order valence-electron chi connectivity index (χ1n) is 8.04. The average molecular weight is 295 g/mol. The van der Waals surface area contributed by atoms with Crippen LogP contribution in [0.25, 0.3) is 0 Å². The Morgan fingerprint density at radius 1 is 1.48 bits per heavy atom. The fourth-order valence-electron chi connectivity index (χ4n) is 2.79. The number of hydrogen-bond acceptors (Lipinski definition) is 5. The number of rotatable bonds is 7. The fraction of sp³-hybridized carbons (Fsp3) is 0.867. The lowest BCUT2D eigenvalue weighted by Crippen LogP contribution is -2.54. The van der Waals surface area contributed by atoms with Crippen LogP contribution in [-0.4, -0.2) is 64.3 Å². The van der Waals surface area contributed by atoms with Crippen molar-refractivity contribution in [2.45, 2.75) is 51.8 Å². The van der Waals surface area contributed by atoms with Crippen LogP contribution in [0.2, 0.25) is 0 Å². The van der Waals surface area contributed by atoms with Gasteiger partial charge in [0.25, 0.3) is 0 Å². The van der Waals surface area contributed by atoms with E-state index in [1.165, 1.54) is 0 Å². The van der Waals surface area contributed by atoms with Crippen molar-refractivity contribution in [2.24, 2.45) is 7.05 Å². The van der Waals surface area contributed by atoms with E-state index in [4.69, 9.17) is 4.74 Å². The second-order valence-electron chi connectivity index (χ2n) is 6.15. The molecular weight excluding hydrogens is 266 g/mol. The molecule has 1 aliphatic rings. The second kappa shape index (κ2) is 7.87. The molecule has 2 heterocycles. The van der Waals surface area contributed by atoms with Gasteiger partial charge in [-0.15, -0.1) is 5.10 Å². The van der Waals surface area contributed by atoms with Gasteiger partial charge in [-0.3, -0.25) is 9.58 Å². The molecule has 0 bridgehead atoms. The lowest BCUT2D eigenvalue weighted by atomic mass is 10.0. The van der Waals surface area contributed by atoms with E-state index in [0.29, 0.717) is 12.1 Å². The second-order valence-corrected chi connectivity index (χ2v) is 6.15. The zero-order valence-electron chi connectivity index (χ0n) is 13.7. The van der Waals surface area contributed by atoms with E-state index in [2.05, 4.69) is 41.3 Å². The average Bonchev–Trinajstić information content (AvgIpc) is 2.89. The predicted octanol–water partition coefficient (Wildman–Crippen LogP) is 0.835. The van der Waals surface area contributed by atoms with Gasteiger partial charge >= 0.3 is 0 Å². The highest BCUT2D eigenvalue weighted by Crippen LogP contribution is 2.14. The zero-order chi connectivity index (χ0) is 15.2. The SMILES string of the molecule is CCCNC(Cc1cn(C)nn1)C1CN(C(C)C)CCO1. The molecule has 6 heteroatoms. The Kier molecular flexibility index (Phi) is 6.14. The van der Waals surface area contributed by atoms with Gasteiger partial charge in [-0.2, -0.15) is 0 Å². The Morgan fingerprint density at radius 2 is 2.29 bits per heavy atom. The van der Waals surface area contributed by atoms with Gasteiger partial charge in [0.2, 0.25) is 0 Å². The molecule has 0 radical (unpaired) electrons. The van der Waals surface area contributed by atoms with E-state index < -0.39 is 0 Å². The lowest BCUT2D eigenvalue weighted by molar-refractivity contribution is -0.0553. The first-order chi connectivity index (χ1) is 10.1. The molecule has 0 aliphatic carbocycles. The normalized spacial score (nSPS) is 21.9. The van der Waals surface area contributed by atoms with Crippen molar-refractivity contribution in [3.05, 3.63) is 11.9 Å². The largest absolute Gasteiger partial charge is 0.374 e. The highest BCUT2D eigenvalue weighted by Gasteiger charge is 2.29. The van der Waals surface area contributed by atoms with Crippen LogP contribution in [0.4, 0.5) is 0 Å². The van der Waals surface area contributed by atoms with Crippen molar-refractivity contribution in [1.29, 1.82) is 0 Å². The number of morpholine rings is 1. The standard InChI is InChI=1S/C15H29N5O/c1-5-6-16-14(9-13-10-19(4)18-17-13)15-11-20(12(2)3)7-8-21-15/h10,12,14-16H,5-9,11H2,1-4H3. The molecule has 1 N–H and O–H groups in total. The Hall–Kier alpha value is -0.980. The summed E-state index contributed by atoms with van der Waals surface area (Å²) in [5.74, 6) is 0. The minimum absolute atomic E-state index is 0.217. The molecule has 1 saturated heterocycles. The monoisotopic (exact) mass is 295 g/mol. The van der Waals surface area contributed by atoms with Crippen molar-refractivity contribution in [3.8, 4) is 0 Å². The van der Waals surface area contributed by atoms with Gasteiger partial charge in [0.15, 0.2) is 0 Å². The van der Waals surface area contributed by atoms with E-state index in [1.54, 1.807) is 4.68 Å². The summed E-state index contributed by atoms with van der Waals surface area (Å²) in [5, 5.41) is 11.9. The number of hydrogen-bond donors (Lipinski definition) is 1. The summed E-state index contributed by atoms with van der Waals surface area (Å²) in [4.78, 5) is 2.49. The van der Waals surface area contributed by atoms with E-state index in [-0.39, 0.29) is 6.10 Å². The molecule has 0 amide bonds. The van der Waals surface area contributed by atoms with Crippen molar-refractivity contribution in [2.75, 3.05) is 26.2 Å². The third-order valence-electron chi connectivity index (χ3n) is 4.04. The van der Waals surface area contributed by atoms with E-state index in [1.807, 2.05) is 13.2 Å². The zero-order valence-corrected chi connectivity index (χ0v) is 13.7. The molecule has 1 fully saturated rings. The number of nitrogens with zero attached hydrogens (tertiary/aromatic N) is 4. The van der Waals surface area contributed by atoms with Gasteiger partial charge in [-0.1, -0.05) is 12.1 Å². The maximum atomic E-state index is 6.04. The van der Waals surface area contributed by atoms with E-state index in [0.717, 1.165) is 44.8 Å². The van der Waals surface area contributed by atoms with Crippen LogP contribution < -0.4 is 5.32 Å². The minimum Gasteiger partial charge on any atom is -0.374 e. The molecule has 2 unspecified atom stereocenters. The quantitative estimate of drug-likeness (QED) is 0.808. The molecule has 2 rings (SSSR count). The summed E-state index contributed by atoms with van der Waals surface area (Å²) in [6.07, 6.45) is 4.20. The smallest absolute Gasteiger partial charge is 0.0859 e. The number of ether oxygens (including phenoxy) is 1. The van der Waals surface area contributed by atoms with Gasteiger partial charge < -0.3 is 10.1 Å². The topological polar surface area (TPSA) is 55.2 Å². The van der Waals surface area contributed by atoms with Crippen molar-refractivity contribution >= 4 is 0 Å². The third kappa shape index (κ3) is 4.76. The first kappa shape index (κ1) is 16.4. The van der Waals surface area contributed by atoms with Gasteiger partial charge in [-0.25, -0.2) is 0 Å². The molecular formula is C15H29N5O. The molecule has 1 aromatic heterocycles. The Morgan fingerprint density at radius 3 is 2.90 bits per heavy atom. The van der Waals surface area contributed by atoms with Crippen LogP contribution in [0.3, 0.4) is 0 Å². The van der Waals surface area contributed by atoms with Crippen molar-refractivity contribution in [3.63, 3.8) is 0 Å². The minimum atomic E-state index is 0.217. The predicted molar refractivity (Wildman–Crippen MR) is 83.2 cm³/mol. The van der Waals surface area contributed by atoms with Gasteiger partial charge in [0, 0.05) is 44.8 Å². The molecule has 21 heavy (non-hydrogen) atoms. The van der Waals surface area contributed by atoms with E-state index in [9.17, 15) is 0 Å². The van der Waals surface area contributed by atoms with Crippen LogP contribution in [0.5, 0.6) is 0 Å². The van der Waals surface area contributed by atoms with E-state index >= 15 is 0 Å². The van der Waals surface area contributed by atoms with Crippen LogP contribution in [0.15, 0.2) is 6.20 Å². The number of aromatic nitrogens is 3. The summed E-state index contributed by atoms with van der Waals surface area (Å²) in [5.41, 5.74) is 1.02. The molecule has 0 aromatic carbocycles. The number of nitrogens with one attached hydrogen (secondary N) is 1. The van der Waals surface area contributed by atoms with Crippen LogP contribution in [0.1, 0.15) is 32.9 Å². The summed E-state index contributed by atoms with van der Waals surface area (Å²) < 4.78 is 7.80. The summed E-state index contributed by atoms with van der Waals surface area (Å²) >= 11 is 0. The maximum absolute atomic E-state index is 6.04. The van der Waals surface area contributed by atoms with Crippen molar-refractivity contribution < 1.29 is 4.74 Å². The fourth-order valence-corrected chi connectivity index (χ4v) is 2.79. The maximum Gasteiger partial charge on any atom is 0.0859 e. The summed E-state index contributed by atoms with van der Waals surface area (Å²) in [7, 11) is 1.91. The lowest BCUT2D eigenvalue weighted by Gasteiger charge is -2.39. The Balaban J connectivity index is 2.00. The highest BCUT2D eigenvalue weighted by molar-refractivity contribution is 4.99. The molecule has 2 atom stereocenters. The van der Waals surface area contributed by atoms with Gasteiger partial charge in [0.05, 0.1) is 18.4 Å². The van der Waals surface area contributed by atoms with Crippen LogP contribution in [-0.2, 0) is 18.2 Å². The van der Waals surface area contributed by atoms with Crippen LogP contribution >= 0.6 is 0 Å². The van der Waals surface area contributed by atoms with Gasteiger partial charge in [-0.05, 0) is 26.8 Å². The molecule has 0 saturated carbocycles. The highest BCUT2D eigenvalue weighted by atomic mass is 16.5. The third-order valence-corrected chi connectivity index (χ3v) is 4.04. The van der Waals surface area contributed by atoms with Crippen LogP contribution in [0, 0.1) is 0 Å². The summed E-state index contributed by atoms with van der Waals surface area (Å²) in [6.45, 7) is 10.5. The Bertz CT molecular complexity index is 420. The molecule has 0 spiro atoms. The molecule has 120 valence electrons. The molecule has 1 aliphatic heterocycles. The van der Waals surface area contributed by atoms with Crippen molar-refractivity contribution in [1.82, 2.24) is 25.2 Å². The molecule has 1 aromatic rings. The molecule has 6 nitrogen and oxygen atoms in total. The Labute approximate surface area is 127 Å². The summed E-state index contributed by atoms with van der Waals surface area (Å²) in [6, 6.07) is 0.864. The van der Waals surface area contributed by atoms with Gasteiger partial charge in [0.1, 0.15) is 0 Å².